The van der Waals surface area contributed by atoms with Gasteiger partial charge in [0.25, 0.3) is 0 Å². The molecule has 106 valence electrons. The molecule has 0 atom stereocenters. The molecule has 0 aliphatic carbocycles. The third-order valence-corrected chi connectivity index (χ3v) is 3.85. The molecule has 4 nitrogen and oxygen atoms in total. The van der Waals surface area contributed by atoms with Crippen LogP contribution in [0.2, 0.25) is 0 Å². The molecule has 4 heteroatoms. The summed E-state index contributed by atoms with van der Waals surface area (Å²) in [5, 5.41) is 0. The second-order valence-electron chi connectivity index (χ2n) is 5.24. The first-order valence-corrected chi connectivity index (χ1v) is 6.86. The summed E-state index contributed by atoms with van der Waals surface area (Å²) in [6.07, 6.45) is 2.41. The van der Waals surface area contributed by atoms with Crippen LogP contribution in [-0.2, 0) is 11.3 Å². The molecule has 1 aromatic carbocycles. The minimum Gasteiger partial charge on any atom is -0.497 e. The van der Waals surface area contributed by atoms with Gasteiger partial charge in [-0.25, -0.2) is 0 Å². The number of benzene rings is 1. The highest BCUT2D eigenvalue weighted by Crippen LogP contribution is 2.24. The number of nitrogens with two attached hydrogens (primary N) is 1. The number of nitrogens with zero attached hydrogens (tertiary/aromatic N) is 1. The highest BCUT2D eigenvalue weighted by molar-refractivity contribution is 5.50. The van der Waals surface area contributed by atoms with Gasteiger partial charge in [0.2, 0.25) is 0 Å². The highest BCUT2D eigenvalue weighted by Gasteiger charge is 2.19. The number of rotatable bonds is 5. The van der Waals surface area contributed by atoms with Crippen molar-refractivity contribution in [2.75, 3.05) is 39.6 Å². The predicted molar refractivity (Wildman–Crippen MR) is 77.3 cm³/mol. The van der Waals surface area contributed by atoms with Gasteiger partial charge in [0, 0.05) is 25.9 Å². The van der Waals surface area contributed by atoms with E-state index in [2.05, 4.69) is 4.90 Å². The first kappa shape index (κ1) is 14.2. The van der Waals surface area contributed by atoms with E-state index >= 15 is 0 Å². The molecule has 2 N–H and O–H groups in total. The Morgan fingerprint density at radius 3 is 2.63 bits per heavy atom. The van der Waals surface area contributed by atoms with Crippen LogP contribution in [0.15, 0.2) is 18.2 Å². The van der Waals surface area contributed by atoms with Crippen LogP contribution < -0.4 is 10.5 Å². The Kier molecular flexibility index (Phi) is 5.05. The smallest absolute Gasteiger partial charge is 0.119 e. The van der Waals surface area contributed by atoms with E-state index in [0.717, 1.165) is 43.2 Å². The third kappa shape index (κ3) is 3.85. The lowest BCUT2D eigenvalue weighted by Gasteiger charge is -2.31. The SMILES string of the molecule is COCC1CCN(Cc2cc(OC)ccc2N)CC1. The minimum absolute atomic E-state index is 0.712. The van der Waals surface area contributed by atoms with Crippen molar-refractivity contribution in [3.63, 3.8) is 0 Å². The van der Waals surface area contributed by atoms with Crippen molar-refractivity contribution in [3.05, 3.63) is 23.8 Å². The van der Waals surface area contributed by atoms with Crippen molar-refractivity contribution in [2.24, 2.45) is 5.92 Å². The van der Waals surface area contributed by atoms with E-state index in [0.29, 0.717) is 5.92 Å². The second-order valence-corrected chi connectivity index (χ2v) is 5.24. The van der Waals surface area contributed by atoms with E-state index < -0.39 is 0 Å². The van der Waals surface area contributed by atoms with E-state index in [9.17, 15) is 0 Å². The first-order valence-electron chi connectivity index (χ1n) is 6.86. The number of nitrogen functional groups attached to an aromatic ring is 1. The van der Waals surface area contributed by atoms with Crippen molar-refractivity contribution in [3.8, 4) is 5.75 Å². The average molecular weight is 264 g/mol. The quantitative estimate of drug-likeness (QED) is 0.828. The van der Waals surface area contributed by atoms with E-state index in [1.165, 1.54) is 12.8 Å². The summed E-state index contributed by atoms with van der Waals surface area (Å²) in [5.41, 5.74) is 8.04. The zero-order valence-electron chi connectivity index (χ0n) is 11.9. The number of hydrogen-bond acceptors (Lipinski definition) is 4. The minimum atomic E-state index is 0.712. The topological polar surface area (TPSA) is 47.7 Å². The standard InChI is InChI=1S/C15H24N2O2/c1-18-11-12-5-7-17(8-6-12)10-13-9-14(19-2)3-4-15(13)16/h3-4,9,12H,5-8,10-11,16H2,1-2H3. The Bertz CT molecular complexity index is 401. The van der Waals surface area contributed by atoms with Gasteiger partial charge in [-0.05, 0) is 55.6 Å². The molecule has 0 amide bonds. The Morgan fingerprint density at radius 1 is 1.26 bits per heavy atom. The van der Waals surface area contributed by atoms with Crippen molar-refractivity contribution in [1.82, 2.24) is 4.90 Å². The Morgan fingerprint density at radius 2 is 2.00 bits per heavy atom. The van der Waals surface area contributed by atoms with Crippen LogP contribution in [0.1, 0.15) is 18.4 Å². The lowest BCUT2D eigenvalue weighted by Crippen LogP contribution is -2.34. The predicted octanol–water partition coefficient (Wildman–Crippen LogP) is 2.14. The van der Waals surface area contributed by atoms with Crippen molar-refractivity contribution < 1.29 is 9.47 Å². The van der Waals surface area contributed by atoms with Crippen LogP contribution in [0.25, 0.3) is 0 Å². The van der Waals surface area contributed by atoms with Gasteiger partial charge in [-0.3, -0.25) is 4.90 Å². The van der Waals surface area contributed by atoms with E-state index in [-0.39, 0.29) is 0 Å². The van der Waals surface area contributed by atoms with Gasteiger partial charge in [0.15, 0.2) is 0 Å². The molecular formula is C15H24N2O2. The molecule has 1 saturated heterocycles. The van der Waals surface area contributed by atoms with Crippen molar-refractivity contribution in [1.29, 1.82) is 0 Å². The van der Waals surface area contributed by atoms with Crippen LogP contribution in [0.4, 0.5) is 5.69 Å². The monoisotopic (exact) mass is 264 g/mol. The highest BCUT2D eigenvalue weighted by atomic mass is 16.5. The second kappa shape index (κ2) is 6.78. The normalized spacial score (nSPS) is 17.6. The number of likely N-dealkylation sites (tertiary alicyclic amines) is 1. The van der Waals surface area contributed by atoms with Crippen LogP contribution in [0.3, 0.4) is 0 Å². The molecule has 1 heterocycles. The molecule has 0 radical (unpaired) electrons. The van der Waals surface area contributed by atoms with Gasteiger partial charge in [-0.2, -0.15) is 0 Å². The number of hydrogen-bond donors (Lipinski definition) is 1. The largest absolute Gasteiger partial charge is 0.497 e. The summed E-state index contributed by atoms with van der Waals surface area (Å²) in [5.74, 6) is 1.59. The van der Waals surface area contributed by atoms with Crippen molar-refractivity contribution >= 4 is 5.69 Å². The maximum Gasteiger partial charge on any atom is 0.119 e. The van der Waals surface area contributed by atoms with Crippen LogP contribution >= 0.6 is 0 Å². The zero-order valence-corrected chi connectivity index (χ0v) is 11.9. The molecule has 0 bridgehead atoms. The summed E-state index contributed by atoms with van der Waals surface area (Å²) < 4.78 is 10.5. The number of methoxy groups -OCH3 is 2. The van der Waals surface area contributed by atoms with E-state index in [1.807, 2.05) is 18.2 Å². The molecule has 1 aromatic rings. The number of ether oxygens (including phenoxy) is 2. The maximum absolute atomic E-state index is 6.03. The maximum atomic E-state index is 6.03. The Balaban J connectivity index is 1.91. The number of anilines is 1. The molecule has 0 unspecified atom stereocenters. The summed E-state index contributed by atoms with van der Waals surface area (Å²) in [6.45, 7) is 4.02. The van der Waals surface area contributed by atoms with Gasteiger partial charge in [0.1, 0.15) is 5.75 Å². The lowest BCUT2D eigenvalue weighted by molar-refractivity contribution is 0.0969. The third-order valence-electron chi connectivity index (χ3n) is 3.85. The van der Waals surface area contributed by atoms with Crippen LogP contribution in [-0.4, -0.2) is 38.8 Å². The molecule has 19 heavy (non-hydrogen) atoms. The summed E-state index contributed by atoms with van der Waals surface area (Å²) in [7, 11) is 3.47. The fourth-order valence-corrected chi connectivity index (χ4v) is 2.63. The van der Waals surface area contributed by atoms with E-state index in [1.54, 1.807) is 14.2 Å². The molecule has 1 aliphatic heterocycles. The number of piperidine rings is 1. The molecule has 1 aliphatic rings. The van der Waals surface area contributed by atoms with Gasteiger partial charge in [-0.1, -0.05) is 0 Å². The summed E-state index contributed by atoms with van der Waals surface area (Å²) >= 11 is 0. The van der Waals surface area contributed by atoms with Gasteiger partial charge < -0.3 is 15.2 Å². The molecule has 2 rings (SSSR count). The summed E-state index contributed by atoms with van der Waals surface area (Å²) in [6, 6.07) is 5.87. The molecule has 0 saturated carbocycles. The van der Waals surface area contributed by atoms with Crippen molar-refractivity contribution in [2.45, 2.75) is 19.4 Å². The molecule has 0 spiro atoms. The average Bonchev–Trinajstić information content (AvgIpc) is 2.44. The lowest BCUT2D eigenvalue weighted by atomic mass is 9.97. The van der Waals surface area contributed by atoms with Gasteiger partial charge in [0.05, 0.1) is 7.11 Å². The molecular weight excluding hydrogens is 240 g/mol. The van der Waals surface area contributed by atoms with Crippen LogP contribution in [0, 0.1) is 5.92 Å². The Hall–Kier alpha value is -1.26. The van der Waals surface area contributed by atoms with Gasteiger partial charge in [-0.15, -0.1) is 0 Å². The first-order chi connectivity index (χ1) is 9.22. The fourth-order valence-electron chi connectivity index (χ4n) is 2.63. The molecule has 0 aromatic heterocycles. The fraction of sp³-hybridized carbons (Fsp3) is 0.600. The Labute approximate surface area is 115 Å². The summed E-state index contributed by atoms with van der Waals surface area (Å²) in [4.78, 5) is 2.46. The zero-order chi connectivity index (χ0) is 13.7. The van der Waals surface area contributed by atoms with E-state index in [4.69, 9.17) is 15.2 Å². The van der Waals surface area contributed by atoms with Crippen LogP contribution in [0.5, 0.6) is 5.75 Å². The molecule has 1 fully saturated rings. The van der Waals surface area contributed by atoms with Gasteiger partial charge >= 0.3 is 0 Å².